The topological polar surface area (TPSA) is 64.7 Å². The van der Waals surface area contributed by atoms with Crippen molar-refractivity contribution in [3.05, 3.63) is 63.3 Å². The van der Waals surface area contributed by atoms with Crippen LogP contribution in [0.15, 0.2) is 30.5 Å². The molecule has 0 saturated heterocycles. The number of amides is 1. The number of aromatic nitrogens is 4. The van der Waals surface area contributed by atoms with Crippen molar-refractivity contribution in [2.75, 3.05) is 5.32 Å². The van der Waals surface area contributed by atoms with Gasteiger partial charge in [-0.1, -0.05) is 29.3 Å². The number of halogens is 3. The van der Waals surface area contributed by atoms with Crippen LogP contribution in [0.3, 0.4) is 0 Å². The highest BCUT2D eigenvalue weighted by atomic mass is 35.5. The number of carbonyl (C=O) groups excluding carboxylic acids is 1. The third-order valence-corrected chi connectivity index (χ3v) is 4.54. The second kappa shape index (κ2) is 7.47. The molecule has 0 saturated carbocycles. The molecule has 3 rings (SSSR count). The maximum absolute atomic E-state index is 13.9. The predicted molar refractivity (Wildman–Crippen MR) is 98.1 cm³/mol. The number of hydrogen-bond donors (Lipinski definition) is 1. The van der Waals surface area contributed by atoms with Crippen molar-refractivity contribution < 1.29 is 9.18 Å². The summed E-state index contributed by atoms with van der Waals surface area (Å²) in [5.41, 5.74) is 1.76. The summed E-state index contributed by atoms with van der Waals surface area (Å²) < 4.78 is 17.0. The Morgan fingerprint density at radius 1 is 1.23 bits per heavy atom. The van der Waals surface area contributed by atoms with Crippen LogP contribution in [0.5, 0.6) is 0 Å². The molecule has 0 atom stereocenters. The van der Waals surface area contributed by atoms with E-state index < -0.39 is 5.82 Å². The highest BCUT2D eigenvalue weighted by molar-refractivity contribution is 6.31. The number of carbonyl (C=O) groups is 1. The van der Waals surface area contributed by atoms with Crippen LogP contribution in [0.4, 0.5) is 10.2 Å². The van der Waals surface area contributed by atoms with Crippen LogP contribution in [-0.4, -0.2) is 25.5 Å². The molecule has 0 aliphatic carbocycles. The van der Waals surface area contributed by atoms with Gasteiger partial charge in [-0.05, 0) is 26.0 Å². The number of rotatable bonds is 5. The van der Waals surface area contributed by atoms with E-state index in [1.807, 2.05) is 6.92 Å². The van der Waals surface area contributed by atoms with Gasteiger partial charge in [0.1, 0.15) is 12.4 Å². The molecule has 6 nitrogen and oxygen atoms in total. The fraction of sp³-hybridized carbons (Fsp3) is 0.235. The second-order valence-electron chi connectivity index (χ2n) is 5.84. The Morgan fingerprint density at radius 2 is 2.00 bits per heavy atom. The summed E-state index contributed by atoms with van der Waals surface area (Å²) >= 11 is 12.0. The fourth-order valence-corrected chi connectivity index (χ4v) is 2.84. The first-order chi connectivity index (χ1) is 12.3. The molecule has 2 aromatic heterocycles. The molecule has 136 valence electrons. The Balaban J connectivity index is 1.70. The van der Waals surface area contributed by atoms with E-state index in [9.17, 15) is 9.18 Å². The normalized spacial score (nSPS) is 11.0. The first-order valence-electron chi connectivity index (χ1n) is 7.80. The zero-order valence-electron chi connectivity index (χ0n) is 14.1. The summed E-state index contributed by atoms with van der Waals surface area (Å²) in [4.78, 5) is 12.1. The molecular weight excluding hydrogens is 380 g/mol. The summed E-state index contributed by atoms with van der Waals surface area (Å²) in [6, 6.07) is 6.22. The van der Waals surface area contributed by atoms with Crippen LogP contribution in [0.25, 0.3) is 0 Å². The van der Waals surface area contributed by atoms with Gasteiger partial charge < -0.3 is 5.32 Å². The number of nitrogens with one attached hydrogen (secondary N) is 1. The van der Waals surface area contributed by atoms with E-state index in [1.165, 1.54) is 10.7 Å². The summed E-state index contributed by atoms with van der Waals surface area (Å²) in [6.07, 6.45) is 1.58. The van der Waals surface area contributed by atoms with Gasteiger partial charge in [-0.25, -0.2) is 4.39 Å². The molecule has 0 bridgehead atoms. The molecule has 0 unspecified atom stereocenters. The summed E-state index contributed by atoms with van der Waals surface area (Å²) in [6.45, 7) is 3.75. The summed E-state index contributed by atoms with van der Waals surface area (Å²) in [5.74, 6) is -0.323. The van der Waals surface area contributed by atoms with E-state index in [4.69, 9.17) is 23.2 Å². The van der Waals surface area contributed by atoms with Crippen molar-refractivity contribution in [2.45, 2.75) is 26.9 Å². The molecule has 0 spiro atoms. The Morgan fingerprint density at radius 3 is 2.65 bits per heavy atom. The Labute approximate surface area is 159 Å². The van der Waals surface area contributed by atoms with Gasteiger partial charge >= 0.3 is 0 Å². The van der Waals surface area contributed by atoms with Gasteiger partial charge in [0.2, 0.25) is 5.91 Å². The third kappa shape index (κ3) is 4.05. The van der Waals surface area contributed by atoms with E-state index in [-0.39, 0.29) is 19.0 Å². The maximum atomic E-state index is 13.9. The molecule has 26 heavy (non-hydrogen) atoms. The maximum Gasteiger partial charge on any atom is 0.247 e. The van der Waals surface area contributed by atoms with E-state index in [0.717, 1.165) is 5.69 Å². The lowest BCUT2D eigenvalue weighted by Gasteiger charge is -2.07. The number of anilines is 1. The molecule has 0 aliphatic heterocycles. The first-order valence-corrected chi connectivity index (χ1v) is 8.56. The molecule has 2 heterocycles. The average Bonchev–Trinajstić information content (AvgIpc) is 3.05. The Bertz CT molecular complexity index is 926. The lowest BCUT2D eigenvalue weighted by Crippen LogP contribution is -2.19. The van der Waals surface area contributed by atoms with Crippen molar-refractivity contribution in [2.24, 2.45) is 0 Å². The molecule has 3 aromatic rings. The largest absolute Gasteiger partial charge is 0.308 e. The second-order valence-corrected chi connectivity index (χ2v) is 6.65. The average molecular weight is 396 g/mol. The zero-order chi connectivity index (χ0) is 18.8. The highest BCUT2D eigenvalue weighted by Crippen LogP contribution is 2.21. The first kappa shape index (κ1) is 18.4. The predicted octanol–water partition coefficient (Wildman–Crippen LogP) is 3.83. The molecular formula is C17H16Cl2FN5O. The molecule has 0 radical (unpaired) electrons. The summed E-state index contributed by atoms with van der Waals surface area (Å²) in [5, 5.41) is 12.0. The van der Waals surface area contributed by atoms with Crippen LogP contribution < -0.4 is 5.32 Å². The SMILES string of the molecule is Cc1nn(CC(=O)Nc2cc(C)n(Cc3c(F)cccc3Cl)n2)cc1Cl. The molecule has 1 aromatic carbocycles. The van der Waals surface area contributed by atoms with Crippen molar-refractivity contribution in [1.82, 2.24) is 19.6 Å². The van der Waals surface area contributed by atoms with E-state index in [1.54, 1.807) is 36.0 Å². The van der Waals surface area contributed by atoms with Crippen molar-refractivity contribution >= 4 is 34.9 Å². The smallest absolute Gasteiger partial charge is 0.247 e. The minimum absolute atomic E-state index is 0.0125. The van der Waals surface area contributed by atoms with Gasteiger partial charge in [0.15, 0.2) is 5.82 Å². The summed E-state index contributed by atoms with van der Waals surface area (Å²) in [7, 11) is 0. The molecule has 0 fully saturated rings. The van der Waals surface area contributed by atoms with Crippen LogP contribution in [0, 0.1) is 19.7 Å². The van der Waals surface area contributed by atoms with Gasteiger partial charge in [0.05, 0.1) is 17.3 Å². The van der Waals surface area contributed by atoms with Crippen LogP contribution >= 0.6 is 23.2 Å². The van der Waals surface area contributed by atoms with Crippen molar-refractivity contribution in [3.63, 3.8) is 0 Å². The van der Waals surface area contributed by atoms with Crippen LogP contribution in [0.2, 0.25) is 10.0 Å². The lowest BCUT2D eigenvalue weighted by atomic mass is 10.2. The van der Waals surface area contributed by atoms with Crippen LogP contribution in [0.1, 0.15) is 17.0 Å². The van der Waals surface area contributed by atoms with Crippen molar-refractivity contribution in [3.8, 4) is 0 Å². The number of benzene rings is 1. The number of nitrogens with zero attached hydrogens (tertiary/aromatic N) is 4. The van der Waals surface area contributed by atoms with Gasteiger partial charge in [0, 0.05) is 28.5 Å². The Kier molecular flexibility index (Phi) is 5.29. The molecule has 1 N–H and O–H groups in total. The minimum Gasteiger partial charge on any atom is -0.308 e. The number of hydrogen-bond acceptors (Lipinski definition) is 3. The van der Waals surface area contributed by atoms with Gasteiger partial charge in [-0.2, -0.15) is 10.2 Å². The quantitative estimate of drug-likeness (QED) is 0.713. The lowest BCUT2D eigenvalue weighted by molar-refractivity contribution is -0.116. The monoisotopic (exact) mass is 395 g/mol. The van der Waals surface area contributed by atoms with Gasteiger partial charge in [0.25, 0.3) is 0 Å². The highest BCUT2D eigenvalue weighted by Gasteiger charge is 2.13. The van der Waals surface area contributed by atoms with E-state index in [2.05, 4.69) is 15.5 Å². The standard InChI is InChI=1S/C17H16Cl2FN5O/c1-10-6-16(21-17(26)9-24-8-14(19)11(2)22-24)23-25(10)7-12-13(18)4-3-5-15(12)20/h3-6,8H,7,9H2,1-2H3,(H,21,23,26). The minimum atomic E-state index is -0.399. The van der Waals surface area contributed by atoms with Crippen molar-refractivity contribution in [1.29, 1.82) is 0 Å². The molecule has 1 amide bonds. The van der Waals surface area contributed by atoms with E-state index in [0.29, 0.717) is 27.1 Å². The van der Waals surface area contributed by atoms with Crippen LogP contribution in [-0.2, 0) is 17.9 Å². The molecule has 9 heteroatoms. The number of aryl methyl sites for hydroxylation is 2. The molecule has 0 aliphatic rings. The fourth-order valence-electron chi connectivity index (χ4n) is 2.47. The Hall–Kier alpha value is -2.38. The third-order valence-electron chi connectivity index (χ3n) is 3.81. The van der Waals surface area contributed by atoms with Gasteiger partial charge in [-0.15, -0.1) is 0 Å². The van der Waals surface area contributed by atoms with Gasteiger partial charge in [-0.3, -0.25) is 14.2 Å². The zero-order valence-corrected chi connectivity index (χ0v) is 15.6. The van der Waals surface area contributed by atoms with E-state index >= 15 is 0 Å².